The Morgan fingerprint density at radius 3 is 2.48 bits per heavy atom. The smallest absolute Gasteiger partial charge is 0.206 e. The van der Waals surface area contributed by atoms with Crippen molar-refractivity contribution in [3.05, 3.63) is 100 Å². The van der Waals surface area contributed by atoms with E-state index in [2.05, 4.69) is 4.98 Å². The summed E-state index contributed by atoms with van der Waals surface area (Å²) in [6, 6.07) is 17.7. The molecule has 0 fully saturated rings. The van der Waals surface area contributed by atoms with Gasteiger partial charge >= 0.3 is 0 Å². The van der Waals surface area contributed by atoms with Crippen LogP contribution in [-0.4, -0.2) is 20.4 Å². The van der Waals surface area contributed by atoms with E-state index in [4.69, 9.17) is 0 Å². The molecule has 1 N–H and O–H groups in total. The molecule has 2 heterocycles. The van der Waals surface area contributed by atoms with Gasteiger partial charge in [0, 0.05) is 12.4 Å². The molecule has 146 valence electrons. The normalized spacial score (nSPS) is 12.1. The van der Waals surface area contributed by atoms with Crippen molar-refractivity contribution in [2.75, 3.05) is 0 Å². The number of Topliss-reactive ketones (excluding diaryl/α,β-unsaturated/α-hetero) is 1. The van der Waals surface area contributed by atoms with Gasteiger partial charge in [0.2, 0.25) is 5.78 Å². The van der Waals surface area contributed by atoms with Gasteiger partial charge < -0.3 is 5.11 Å². The van der Waals surface area contributed by atoms with Gasteiger partial charge in [-0.05, 0) is 60.0 Å². The number of phenols is 1. The molecule has 2 aromatic carbocycles. The van der Waals surface area contributed by atoms with Crippen LogP contribution in [-0.2, 0) is 6.42 Å². The zero-order valence-corrected chi connectivity index (χ0v) is 17.2. The molecule has 4 nitrogen and oxygen atoms in total. The van der Waals surface area contributed by atoms with Gasteiger partial charge in [-0.3, -0.25) is 9.36 Å². The highest BCUT2D eigenvalue weighted by Crippen LogP contribution is 2.30. The summed E-state index contributed by atoms with van der Waals surface area (Å²) in [6.07, 6.45) is 4.04. The molecule has 4 aromatic rings. The number of thiophene rings is 1. The van der Waals surface area contributed by atoms with Crippen molar-refractivity contribution in [1.82, 2.24) is 9.55 Å². The van der Waals surface area contributed by atoms with Crippen LogP contribution in [0, 0.1) is 13.8 Å². The van der Waals surface area contributed by atoms with Gasteiger partial charge in [0.15, 0.2) is 5.82 Å². The number of carbonyl (C=O) groups is 1. The van der Waals surface area contributed by atoms with Crippen LogP contribution in [0.25, 0.3) is 5.00 Å². The molecule has 0 spiro atoms. The van der Waals surface area contributed by atoms with Crippen molar-refractivity contribution in [1.29, 1.82) is 0 Å². The quantitative estimate of drug-likeness (QED) is 0.435. The topological polar surface area (TPSA) is 55.1 Å². The van der Waals surface area contributed by atoms with Crippen LogP contribution < -0.4 is 0 Å². The first-order valence-corrected chi connectivity index (χ1v) is 10.4. The van der Waals surface area contributed by atoms with Gasteiger partial charge in [-0.1, -0.05) is 42.5 Å². The predicted octanol–water partition coefficient (Wildman–Crippen LogP) is 5.47. The Labute approximate surface area is 174 Å². The first-order chi connectivity index (χ1) is 14.0. The number of aromatic hydroxyl groups is 1. The van der Waals surface area contributed by atoms with Crippen molar-refractivity contribution in [3.8, 4) is 10.8 Å². The first-order valence-electron chi connectivity index (χ1n) is 9.50. The van der Waals surface area contributed by atoms with Crippen molar-refractivity contribution >= 4 is 17.1 Å². The van der Waals surface area contributed by atoms with E-state index in [1.165, 1.54) is 0 Å². The number of aryl methyl sites for hydroxylation is 2. The number of carbonyl (C=O) groups excluding carboxylic acids is 1. The fourth-order valence-electron chi connectivity index (χ4n) is 3.67. The molecule has 0 aliphatic rings. The summed E-state index contributed by atoms with van der Waals surface area (Å²) in [7, 11) is 0. The van der Waals surface area contributed by atoms with E-state index in [9.17, 15) is 9.90 Å². The molecule has 0 aliphatic heterocycles. The Balaban J connectivity index is 1.75. The zero-order chi connectivity index (χ0) is 20.4. The summed E-state index contributed by atoms with van der Waals surface area (Å²) >= 11 is 1.57. The molecule has 1 atom stereocenters. The van der Waals surface area contributed by atoms with Crippen LogP contribution in [0.3, 0.4) is 0 Å². The number of phenolic OH excluding ortho intramolecular Hbond substituents is 1. The lowest BCUT2D eigenvalue weighted by Crippen LogP contribution is -2.19. The Morgan fingerprint density at radius 2 is 1.83 bits per heavy atom. The zero-order valence-electron chi connectivity index (χ0n) is 16.4. The van der Waals surface area contributed by atoms with E-state index in [0.29, 0.717) is 18.0 Å². The Morgan fingerprint density at radius 1 is 1.10 bits per heavy atom. The maximum absolute atomic E-state index is 13.6. The number of benzene rings is 2. The summed E-state index contributed by atoms with van der Waals surface area (Å²) in [5.74, 6) is 0.372. The second-order valence-corrected chi connectivity index (χ2v) is 8.11. The maximum atomic E-state index is 13.6. The summed E-state index contributed by atoms with van der Waals surface area (Å²) in [4.78, 5) is 18.0. The van der Waals surface area contributed by atoms with Crippen molar-refractivity contribution in [3.63, 3.8) is 0 Å². The summed E-state index contributed by atoms with van der Waals surface area (Å²) < 4.78 is 1.86. The molecular formula is C24H22N2O2S. The Bertz CT molecular complexity index is 1110. The maximum Gasteiger partial charge on any atom is 0.206 e. The highest BCUT2D eigenvalue weighted by atomic mass is 32.1. The van der Waals surface area contributed by atoms with Gasteiger partial charge in [-0.15, -0.1) is 11.3 Å². The standard InChI is InChI=1S/C24H22N2O2S/c1-16-13-18(14-17(2)22(16)27)15-20(19-7-4-3-5-8-19)23(28)24-25-10-11-26(24)21-9-6-12-29-21/h3-14,20,27H,15H2,1-2H3/t20-/m0/s1. The number of imidazole rings is 1. The average Bonchev–Trinajstić information content (AvgIpc) is 3.41. The number of nitrogens with zero attached hydrogens (tertiary/aromatic N) is 2. The minimum absolute atomic E-state index is 0.0158. The minimum Gasteiger partial charge on any atom is -0.507 e. The molecule has 0 saturated carbocycles. The van der Waals surface area contributed by atoms with Crippen LogP contribution >= 0.6 is 11.3 Å². The second kappa shape index (κ2) is 8.05. The highest BCUT2D eigenvalue weighted by Gasteiger charge is 2.27. The largest absolute Gasteiger partial charge is 0.507 e. The fraction of sp³-hybridized carbons (Fsp3) is 0.167. The van der Waals surface area contributed by atoms with Crippen molar-refractivity contribution in [2.45, 2.75) is 26.2 Å². The third-order valence-electron chi connectivity index (χ3n) is 5.11. The van der Waals surface area contributed by atoms with E-state index < -0.39 is 0 Å². The summed E-state index contributed by atoms with van der Waals surface area (Å²) in [5.41, 5.74) is 3.62. The van der Waals surface area contributed by atoms with Crippen LogP contribution in [0.1, 0.15) is 38.8 Å². The molecule has 29 heavy (non-hydrogen) atoms. The van der Waals surface area contributed by atoms with Crippen LogP contribution in [0.5, 0.6) is 5.75 Å². The van der Waals surface area contributed by atoms with E-state index in [1.807, 2.05) is 84.6 Å². The molecule has 0 bridgehead atoms. The van der Waals surface area contributed by atoms with E-state index >= 15 is 0 Å². The Kier molecular flexibility index (Phi) is 5.32. The lowest BCUT2D eigenvalue weighted by Gasteiger charge is -2.18. The number of rotatable bonds is 6. The van der Waals surface area contributed by atoms with E-state index in [0.717, 1.165) is 27.3 Å². The molecule has 0 amide bonds. The first kappa shape index (κ1) is 19.2. The molecule has 0 aliphatic carbocycles. The molecule has 0 radical (unpaired) electrons. The van der Waals surface area contributed by atoms with Crippen LogP contribution in [0.15, 0.2) is 72.4 Å². The lowest BCUT2D eigenvalue weighted by atomic mass is 9.87. The van der Waals surface area contributed by atoms with Gasteiger partial charge in [-0.25, -0.2) is 4.98 Å². The Hall–Kier alpha value is -3.18. The minimum atomic E-state index is -0.361. The third kappa shape index (κ3) is 3.87. The van der Waals surface area contributed by atoms with E-state index in [1.54, 1.807) is 17.5 Å². The summed E-state index contributed by atoms with van der Waals surface area (Å²) in [6.45, 7) is 3.77. The van der Waals surface area contributed by atoms with Gasteiger partial charge in [-0.2, -0.15) is 0 Å². The van der Waals surface area contributed by atoms with Gasteiger partial charge in [0.1, 0.15) is 10.8 Å². The fourth-order valence-corrected chi connectivity index (χ4v) is 4.39. The predicted molar refractivity (Wildman–Crippen MR) is 116 cm³/mol. The van der Waals surface area contributed by atoms with Crippen LogP contribution in [0.2, 0.25) is 0 Å². The van der Waals surface area contributed by atoms with Crippen LogP contribution in [0.4, 0.5) is 0 Å². The average molecular weight is 403 g/mol. The van der Waals surface area contributed by atoms with Gasteiger partial charge in [0.05, 0.1) is 5.92 Å². The third-order valence-corrected chi connectivity index (χ3v) is 5.98. The molecule has 2 aromatic heterocycles. The second-order valence-electron chi connectivity index (χ2n) is 7.18. The molecule has 4 rings (SSSR count). The molecule has 0 saturated heterocycles. The number of hydrogen-bond acceptors (Lipinski definition) is 4. The lowest BCUT2D eigenvalue weighted by molar-refractivity contribution is 0.0947. The molecule has 0 unspecified atom stereocenters. The molecule has 5 heteroatoms. The van der Waals surface area contributed by atoms with Gasteiger partial charge in [0.25, 0.3) is 0 Å². The molecular weight excluding hydrogens is 380 g/mol. The highest BCUT2D eigenvalue weighted by molar-refractivity contribution is 7.12. The van der Waals surface area contributed by atoms with Crippen molar-refractivity contribution < 1.29 is 9.90 Å². The SMILES string of the molecule is Cc1cc(C[C@H](C(=O)c2nccn2-c2cccs2)c2ccccc2)cc(C)c1O. The monoisotopic (exact) mass is 402 g/mol. The number of aromatic nitrogens is 2. The van der Waals surface area contributed by atoms with Crippen molar-refractivity contribution in [2.24, 2.45) is 0 Å². The number of hydrogen-bond donors (Lipinski definition) is 1. The number of ketones is 1. The van der Waals surface area contributed by atoms with E-state index in [-0.39, 0.29) is 11.7 Å². The summed E-state index contributed by atoms with van der Waals surface area (Å²) in [5, 5.41) is 13.1.